The Hall–Kier alpha value is -2.71. The monoisotopic (exact) mass is 399 g/mol. The number of nitro benzene ring substituents is 1. The predicted molar refractivity (Wildman–Crippen MR) is 95.4 cm³/mol. The van der Waals surface area contributed by atoms with Gasteiger partial charge in [0.2, 0.25) is 0 Å². The molecule has 0 bridgehead atoms. The average molecular weight is 400 g/mol. The molecule has 0 heterocycles. The summed E-state index contributed by atoms with van der Waals surface area (Å²) in [6, 6.07) is 7.97. The molecular formula is C16H12Cl2FN3O4. The molecule has 2 rings (SSSR count). The number of carbonyl (C=O) groups is 1. The van der Waals surface area contributed by atoms with Crippen LogP contribution in [0.15, 0.2) is 41.5 Å². The fourth-order valence-corrected chi connectivity index (χ4v) is 2.43. The SMILES string of the molecule is C/C(=N/NC(=O)COc1ccccc1[N+](=O)[O-])c1cc(F)c(Cl)cc1Cl. The Morgan fingerprint density at radius 1 is 1.31 bits per heavy atom. The van der Waals surface area contributed by atoms with Crippen LogP contribution in [-0.4, -0.2) is 23.1 Å². The van der Waals surface area contributed by atoms with Crippen molar-refractivity contribution >= 4 is 40.5 Å². The maximum absolute atomic E-state index is 13.5. The van der Waals surface area contributed by atoms with E-state index in [9.17, 15) is 19.3 Å². The number of amides is 1. The molecule has 0 saturated heterocycles. The second-order valence-corrected chi connectivity index (χ2v) is 5.81. The van der Waals surface area contributed by atoms with E-state index in [1.54, 1.807) is 6.07 Å². The molecule has 0 aliphatic rings. The Morgan fingerprint density at radius 3 is 2.69 bits per heavy atom. The van der Waals surface area contributed by atoms with Gasteiger partial charge in [0.15, 0.2) is 12.4 Å². The lowest BCUT2D eigenvalue weighted by molar-refractivity contribution is -0.385. The van der Waals surface area contributed by atoms with Crippen molar-refractivity contribution in [1.82, 2.24) is 5.43 Å². The third-order valence-corrected chi connectivity index (χ3v) is 3.77. The third kappa shape index (κ3) is 4.90. The summed E-state index contributed by atoms with van der Waals surface area (Å²) in [5.74, 6) is -1.38. The van der Waals surface area contributed by atoms with Gasteiger partial charge >= 0.3 is 5.69 Å². The van der Waals surface area contributed by atoms with Gasteiger partial charge in [-0.2, -0.15) is 5.10 Å². The van der Waals surface area contributed by atoms with Crippen LogP contribution in [0.25, 0.3) is 0 Å². The molecule has 136 valence electrons. The van der Waals surface area contributed by atoms with Crippen molar-refractivity contribution in [2.75, 3.05) is 6.61 Å². The second kappa shape index (κ2) is 8.59. The lowest BCUT2D eigenvalue weighted by atomic mass is 10.1. The van der Waals surface area contributed by atoms with Gasteiger partial charge in [-0.3, -0.25) is 14.9 Å². The first kappa shape index (κ1) is 19.6. The normalized spacial score (nSPS) is 11.2. The molecule has 1 amide bonds. The van der Waals surface area contributed by atoms with Crippen LogP contribution in [0, 0.1) is 15.9 Å². The number of hydrazone groups is 1. The molecule has 0 atom stereocenters. The van der Waals surface area contributed by atoms with E-state index in [-0.39, 0.29) is 32.8 Å². The number of rotatable bonds is 6. The summed E-state index contributed by atoms with van der Waals surface area (Å²) in [7, 11) is 0. The predicted octanol–water partition coefficient (Wildman–Crippen LogP) is 3.96. The maximum atomic E-state index is 13.5. The Kier molecular flexibility index (Phi) is 6.48. The van der Waals surface area contributed by atoms with Crippen LogP contribution in [0.3, 0.4) is 0 Å². The number of hydrogen-bond donors (Lipinski definition) is 1. The number of nitro groups is 1. The number of para-hydroxylation sites is 2. The molecule has 0 aliphatic carbocycles. The molecule has 2 aromatic rings. The summed E-state index contributed by atoms with van der Waals surface area (Å²) in [5.41, 5.74) is 2.44. The topological polar surface area (TPSA) is 93.8 Å². The van der Waals surface area contributed by atoms with Gasteiger partial charge in [-0.25, -0.2) is 9.82 Å². The Labute approximate surface area is 157 Å². The quantitative estimate of drug-likeness (QED) is 0.344. The molecule has 10 heteroatoms. The second-order valence-electron chi connectivity index (χ2n) is 4.99. The van der Waals surface area contributed by atoms with Gasteiger partial charge in [0.05, 0.1) is 20.7 Å². The largest absolute Gasteiger partial charge is 0.477 e. The zero-order valence-electron chi connectivity index (χ0n) is 13.3. The van der Waals surface area contributed by atoms with Crippen LogP contribution >= 0.6 is 23.2 Å². The summed E-state index contributed by atoms with van der Waals surface area (Å²) in [4.78, 5) is 22.1. The van der Waals surface area contributed by atoms with Crippen molar-refractivity contribution in [3.05, 3.63) is 67.9 Å². The Morgan fingerprint density at radius 2 is 2.00 bits per heavy atom. The molecule has 1 N–H and O–H groups in total. The molecule has 2 aromatic carbocycles. The minimum absolute atomic E-state index is 0.0452. The molecule has 0 spiro atoms. The van der Waals surface area contributed by atoms with Crippen LogP contribution in [0.5, 0.6) is 5.75 Å². The molecular weight excluding hydrogens is 388 g/mol. The molecule has 26 heavy (non-hydrogen) atoms. The summed E-state index contributed by atoms with van der Waals surface area (Å²) >= 11 is 11.6. The first-order valence-electron chi connectivity index (χ1n) is 7.14. The van der Waals surface area contributed by atoms with Gasteiger partial charge < -0.3 is 4.74 Å². The maximum Gasteiger partial charge on any atom is 0.310 e. The first-order valence-corrected chi connectivity index (χ1v) is 7.89. The van der Waals surface area contributed by atoms with Gasteiger partial charge in [0.1, 0.15) is 5.82 Å². The Bertz CT molecular complexity index is 890. The van der Waals surface area contributed by atoms with Crippen molar-refractivity contribution in [3.63, 3.8) is 0 Å². The smallest absolute Gasteiger partial charge is 0.310 e. The number of hydrogen-bond acceptors (Lipinski definition) is 5. The lowest BCUT2D eigenvalue weighted by Crippen LogP contribution is -2.25. The highest BCUT2D eigenvalue weighted by atomic mass is 35.5. The van der Waals surface area contributed by atoms with Crippen LogP contribution in [0.4, 0.5) is 10.1 Å². The van der Waals surface area contributed by atoms with E-state index in [0.29, 0.717) is 0 Å². The van der Waals surface area contributed by atoms with Crippen molar-refractivity contribution in [2.24, 2.45) is 5.10 Å². The Balaban J connectivity index is 2.01. The van der Waals surface area contributed by atoms with E-state index in [1.165, 1.54) is 31.2 Å². The third-order valence-electron chi connectivity index (χ3n) is 3.17. The lowest BCUT2D eigenvalue weighted by Gasteiger charge is -2.07. The van der Waals surface area contributed by atoms with E-state index in [4.69, 9.17) is 27.9 Å². The van der Waals surface area contributed by atoms with Crippen molar-refractivity contribution in [1.29, 1.82) is 0 Å². The molecule has 0 radical (unpaired) electrons. The molecule has 0 aliphatic heterocycles. The number of nitrogens with zero attached hydrogens (tertiary/aromatic N) is 2. The number of carbonyl (C=O) groups excluding carboxylic acids is 1. The number of nitrogens with one attached hydrogen (secondary N) is 1. The zero-order valence-corrected chi connectivity index (χ0v) is 14.8. The van der Waals surface area contributed by atoms with Crippen LogP contribution in [0.1, 0.15) is 12.5 Å². The van der Waals surface area contributed by atoms with Crippen molar-refractivity contribution < 1.29 is 18.8 Å². The van der Waals surface area contributed by atoms with E-state index in [2.05, 4.69) is 10.5 Å². The molecule has 7 nitrogen and oxygen atoms in total. The van der Waals surface area contributed by atoms with E-state index in [0.717, 1.165) is 6.07 Å². The number of halogens is 3. The van der Waals surface area contributed by atoms with Crippen LogP contribution < -0.4 is 10.2 Å². The minimum Gasteiger partial charge on any atom is -0.477 e. The molecule has 0 fully saturated rings. The summed E-state index contributed by atoms with van der Waals surface area (Å²) in [5, 5.41) is 14.7. The van der Waals surface area contributed by atoms with Crippen LogP contribution in [0.2, 0.25) is 10.0 Å². The summed E-state index contributed by atoms with van der Waals surface area (Å²) in [6.45, 7) is 1.02. The summed E-state index contributed by atoms with van der Waals surface area (Å²) in [6.07, 6.45) is 0. The fourth-order valence-electron chi connectivity index (χ4n) is 1.91. The standard InChI is InChI=1S/C16H12Cl2FN3O4/c1-9(10-6-13(19)12(18)7-11(10)17)20-21-16(23)8-26-15-5-3-2-4-14(15)22(24)25/h2-7H,8H2,1H3,(H,21,23)/b20-9-. The van der Waals surface area contributed by atoms with Gasteiger partial charge in [-0.1, -0.05) is 35.3 Å². The van der Waals surface area contributed by atoms with Gasteiger partial charge in [-0.15, -0.1) is 0 Å². The highest BCUT2D eigenvalue weighted by molar-refractivity contribution is 6.37. The van der Waals surface area contributed by atoms with Gasteiger partial charge in [0.25, 0.3) is 5.91 Å². The highest BCUT2D eigenvalue weighted by Gasteiger charge is 2.15. The minimum atomic E-state index is -0.674. The van der Waals surface area contributed by atoms with Crippen molar-refractivity contribution in [3.8, 4) is 5.75 Å². The average Bonchev–Trinajstić information content (AvgIpc) is 2.61. The zero-order chi connectivity index (χ0) is 19.3. The molecule has 0 saturated carbocycles. The van der Waals surface area contributed by atoms with Gasteiger partial charge in [0, 0.05) is 11.6 Å². The van der Waals surface area contributed by atoms with E-state index < -0.39 is 23.3 Å². The van der Waals surface area contributed by atoms with E-state index in [1.807, 2.05) is 0 Å². The first-order chi connectivity index (χ1) is 12.3. The van der Waals surface area contributed by atoms with E-state index >= 15 is 0 Å². The molecule has 0 unspecified atom stereocenters. The van der Waals surface area contributed by atoms with Crippen LogP contribution in [-0.2, 0) is 4.79 Å². The molecule has 0 aromatic heterocycles. The highest BCUT2D eigenvalue weighted by Crippen LogP contribution is 2.26. The fraction of sp³-hybridized carbons (Fsp3) is 0.125. The van der Waals surface area contributed by atoms with Gasteiger partial charge in [-0.05, 0) is 25.1 Å². The number of benzene rings is 2. The summed E-state index contributed by atoms with van der Waals surface area (Å²) < 4.78 is 18.7. The number of ether oxygens (including phenoxy) is 1. The van der Waals surface area contributed by atoms with Crippen molar-refractivity contribution in [2.45, 2.75) is 6.92 Å².